The third kappa shape index (κ3) is 3.70. The molecule has 1 aliphatic rings. The highest BCUT2D eigenvalue weighted by molar-refractivity contribution is 5.83. The molecule has 3 aromatic carbocycles. The number of amides is 1. The van der Waals surface area contributed by atoms with Gasteiger partial charge in [0.2, 0.25) is 5.91 Å². The molecule has 1 saturated heterocycles. The van der Waals surface area contributed by atoms with Crippen LogP contribution in [0.4, 0.5) is 0 Å². The number of carbonyl (C=O) groups is 1. The van der Waals surface area contributed by atoms with Crippen LogP contribution in [0, 0.1) is 5.92 Å². The van der Waals surface area contributed by atoms with Crippen LogP contribution in [0.2, 0.25) is 0 Å². The van der Waals surface area contributed by atoms with E-state index in [-0.39, 0.29) is 17.9 Å². The van der Waals surface area contributed by atoms with E-state index in [0.717, 1.165) is 12.0 Å². The molecule has 1 aliphatic heterocycles. The van der Waals surface area contributed by atoms with Gasteiger partial charge in [0.1, 0.15) is 0 Å². The van der Waals surface area contributed by atoms with Gasteiger partial charge in [-0.2, -0.15) is 0 Å². The zero-order valence-corrected chi connectivity index (χ0v) is 15.5. The molecule has 2 atom stereocenters. The van der Waals surface area contributed by atoms with Crippen LogP contribution in [-0.4, -0.2) is 10.8 Å². The average Bonchev–Trinajstić information content (AvgIpc) is 3.02. The first-order valence-corrected chi connectivity index (χ1v) is 9.43. The van der Waals surface area contributed by atoms with E-state index >= 15 is 0 Å². The molecule has 134 valence electrons. The van der Waals surface area contributed by atoms with Crippen molar-refractivity contribution >= 4 is 12.0 Å². The standard InChI is InChI=1S/C25H23NO/c1-19-18-24(26(25(19)27)17-16-20-8-4-2-5-9-20)23-14-12-22(13-15-23)21-10-6-3-7-11-21/h2-17,19,24H,18H2,1H3/t19-,24?/m0/s1. The molecule has 2 nitrogen and oxygen atoms in total. The Balaban J connectivity index is 1.59. The molecule has 2 heteroatoms. The Morgan fingerprint density at radius 2 is 1.41 bits per heavy atom. The minimum absolute atomic E-state index is 0.0456. The van der Waals surface area contributed by atoms with Crippen LogP contribution < -0.4 is 0 Å². The molecule has 27 heavy (non-hydrogen) atoms. The van der Waals surface area contributed by atoms with Crippen molar-refractivity contribution in [2.75, 3.05) is 0 Å². The Morgan fingerprint density at radius 3 is 2.07 bits per heavy atom. The van der Waals surface area contributed by atoms with Crippen LogP contribution in [-0.2, 0) is 4.79 Å². The van der Waals surface area contributed by atoms with Crippen LogP contribution in [0.5, 0.6) is 0 Å². The highest BCUT2D eigenvalue weighted by Crippen LogP contribution is 2.37. The molecule has 3 aromatic rings. The first-order valence-electron chi connectivity index (χ1n) is 9.43. The fourth-order valence-corrected chi connectivity index (χ4v) is 3.69. The smallest absolute Gasteiger partial charge is 0.230 e. The Bertz CT molecular complexity index is 929. The summed E-state index contributed by atoms with van der Waals surface area (Å²) in [6.07, 6.45) is 4.81. The van der Waals surface area contributed by atoms with Gasteiger partial charge in [-0.15, -0.1) is 0 Å². The second kappa shape index (κ2) is 7.63. The van der Waals surface area contributed by atoms with Crippen LogP contribution in [0.25, 0.3) is 17.2 Å². The Morgan fingerprint density at radius 1 is 0.815 bits per heavy atom. The van der Waals surface area contributed by atoms with Crippen molar-refractivity contribution in [3.63, 3.8) is 0 Å². The average molecular weight is 353 g/mol. The predicted octanol–water partition coefficient (Wildman–Crippen LogP) is 5.93. The van der Waals surface area contributed by atoms with E-state index in [1.807, 2.05) is 60.5 Å². The highest BCUT2D eigenvalue weighted by atomic mass is 16.2. The van der Waals surface area contributed by atoms with Gasteiger partial charge in [0, 0.05) is 12.1 Å². The molecule has 1 unspecified atom stereocenters. The maximum absolute atomic E-state index is 12.7. The van der Waals surface area contributed by atoms with E-state index in [1.165, 1.54) is 16.7 Å². The second-order valence-corrected chi connectivity index (χ2v) is 7.11. The molecule has 4 rings (SSSR count). The van der Waals surface area contributed by atoms with E-state index < -0.39 is 0 Å². The summed E-state index contributed by atoms with van der Waals surface area (Å²) in [5, 5.41) is 0. The molecule has 0 aliphatic carbocycles. The first kappa shape index (κ1) is 17.3. The van der Waals surface area contributed by atoms with E-state index in [2.05, 4.69) is 48.5 Å². The van der Waals surface area contributed by atoms with E-state index in [9.17, 15) is 4.79 Å². The highest BCUT2D eigenvalue weighted by Gasteiger charge is 2.36. The summed E-state index contributed by atoms with van der Waals surface area (Å²) in [6.45, 7) is 2.02. The lowest BCUT2D eigenvalue weighted by molar-refractivity contribution is -0.129. The lowest BCUT2D eigenvalue weighted by atomic mass is 9.98. The number of carbonyl (C=O) groups excluding carboxylic acids is 1. The molecule has 0 N–H and O–H groups in total. The first-order chi connectivity index (χ1) is 13.2. The van der Waals surface area contributed by atoms with Crippen LogP contribution in [0.15, 0.2) is 91.1 Å². The number of likely N-dealkylation sites (tertiary alicyclic amines) is 1. The van der Waals surface area contributed by atoms with Gasteiger partial charge in [0.25, 0.3) is 0 Å². The summed E-state index contributed by atoms with van der Waals surface area (Å²) in [6, 6.07) is 29.2. The van der Waals surface area contributed by atoms with Crippen LogP contribution in [0.3, 0.4) is 0 Å². The normalized spacial score (nSPS) is 19.7. The second-order valence-electron chi connectivity index (χ2n) is 7.11. The van der Waals surface area contributed by atoms with Crippen molar-refractivity contribution in [3.8, 4) is 11.1 Å². The summed E-state index contributed by atoms with van der Waals surface area (Å²) in [5.41, 5.74) is 4.69. The molecule has 1 amide bonds. The zero-order valence-electron chi connectivity index (χ0n) is 15.5. The van der Waals surface area contributed by atoms with E-state index in [4.69, 9.17) is 0 Å². The lowest BCUT2D eigenvalue weighted by Gasteiger charge is -2.21. The third-order valence-corrected chi connectivity index (χ3v) is 5.22. The van der Waals surface area contributed by atoms with E-state index in [1.54, 1.807) is 0 Å². The Hall–Kier alpha value is -3.13. The number of benzene rings is 3. The summed E-state index contributed by atoms with van der Waals surface area (Å²) < 4.78 is 0. The number of hydrogen-bond acceptors (Lipinski definition) is 1. The largest absolute Gasteiger partial charge is 0.311 e. The van der Waals surface area contributed by atoms with Gasteiger partial charge in [-0.25, -0.2) is 0 Å². The summed E-state index contributed by atoms with van der Waals surface area (Å²) in [7, 11) is 0. The SMILES string of the molecule is C[C@H]1CC(c2ccc(-c3ccccc3)cc2)N(C=Cc2ccccc2)C1=O. The zero-order chi connectivity index (χ0) is 18.6. The minimum Gasteiger partial charge on any atom is -0.311 e. The Kier molecular flexibility index (Phi) is 4.88. The van der Waals surface area contributed by atoms with Gasteiger partial charge < -0.3 is 4.90 Å². The maximum Gasteiger partial charge on any atom is 0.230 e. The van der Waals surface area contributed by atoms with Crippen molar-refractivity contribution in [1.29, 1.82) is 0 Å². The van der Waals surface area contributed by atoms with Crippen molar-refractivity contribution in [1.82, 2.24) is 4.90 Å². The number of nitrogens with zero attached hydrogens (tertiary/aromatic N) is 1. The molecular formula is C25H23NO. The van der Waals surface area contributed by atoms with Crippen molar-refractivity contribution < 1.29 is 4.79 Å². The lowest BCUT2D eigenvalue weighted by Crippen LogP contribution is -2.23. The molecular weight excluding hydrogens is 330 g/mol. The number of hydrogen-bond donors (Lipinski definition) is 0. The summed E-state index contributed by atoms with van der Waals surface area (Å²) >= 11 is 0. The summed E-state index contributed by atoms with van der Waals surface area (Å²) in [5.74, 6) is 0.239. The van der Waals surface area contributed by atoms with Crippen molar-refractivity contribution in [2.24, 2.45) is 5.92 Å². The Labute approximate surface area is 160 Å². The van der Waals surface area contributed by atoms with Gasteiger partial charge in [-0.1, -0.05) is 91.9 Å². The fraction of sp³-hybridized carbons (Fsp3) is 0.160. The monoisotopic (exact) mass is 353 g/mol. The van der Waals surface area contributed by atoms with Gasteiger partial charge >= 0.3 is 0 Å². The topological polar surface area (TPSA) is 20.3 Å². The number of rotatable bonds is 4. The fourth-order valence-electron chi connectivity index (χ4n) is 3.69. The molecule has 0 bridgehead atoms. The van der Waals surface area contributed by atoms with Gasteiger partial charge in [0.05, 0.1) is 6.04 Å². The van der Waals surface area contributed by atoms with E-state index in [0.29, 0.717) is 0 Å². The van der Waals surface area contributed by atoms with Gasteiger partial charge in [0.15, 0.2) is 0 Å². The van der Waals surface area contributed by atoms with Gasteiger partial charge in [-0.05, 0) is 34.8 Å². The van der Waals surface area contributed by atoms with Crippen molar-refractivity contribution in [3.05, 3.63) is 102 Å². The molecule has 0 aromatic heterocycles. The van der Waals surface area contributed by atoms with Crippen molar-refractivity contribution in [2.45, 2.75) is 19.4 Å². The quantitative estimate of drug-likeness (QED) is 0.569. The third-order valence-electron chi connectivity index (χ3n) is 5.22. The molecule has 0 saturated carbocycles. The van der Waals surface area contributed by atoms with Crippen LogP contribution >= 0.6 is 0 Å². The minimum atomic E-state index is 0.0456. The van der Waals surface area contributed by atoms with Crippen LogP contribution in [0.1, 0.15) is 30.5 Å². The molecule has 0 radical (unpaired) electrons. The predicted molar refractivity (Wildman–Crippen MR) is 111 cm³/mol. The van der Waals surface area contributed by atoms with Gasteiger partial charge in [-0.3, -0.25) is 4.79 Å². The molecule has 1 heterocycles. The maximum atomic E-state index is 12.7. The molecule has 0 spiro atoms. The summed E-state index contributed by atoms with van der Waals surface area (Å²) in [4.78, 5) is 14.6. The molecule has 1 fully saturated rings.